The summed E-state index contributed by atoms with van der Waals surface area (Å²) in [4.78, 5) is 0. The van der Waals surface area contributed by atoms with Crippen molar-refractivity contribution in [2.45, 2.75) is 48.8 Å². The Labute approximate surface area is 85.7 Å². The van der Waals surface area contributed by atoms with E-state index >= 15 is 0 Å². The van der Waals surface area contributed by atoms with E-state index in [2.05, 4.69) is 38.8 Å². The van der Waals surface area contributed by atoms with Crippen molar-refractivity contribution in [1.29, 1.82) is 0 Å². The Hall–Kier alpha value is 1.12. The maximum Gasteiger partial charge on any atom is 0.0537 e. The van der Waals surface area contributed by atoms with Crippen LogP contribution in [-0.4, -0.2) is 14.4 Å². The molecule has 0 aliphatic carbocycles. The van der Waals surface area contributed by atoms with Crippen molar-refractivity contribution < 1.29 is 5.11 Å². The molecule has 3 unspecified atom stereocenters. The average Bonchev–Trinajstić information content (AvgIpc) is 1.85. The highest BCUT2D eigenvalue weighted by Gasteiger charge is 2.12. The van der Waals surface area contributed by atoms with E-state index in [1.165, 1.54) is 0 Å². The maximum atomic E-state index is 9.25. The molecule has 0 radical (unpaired) electrons. The predicted octanol–water partition coefficient (Wildman–Crippen LogP) is 2.95. The van der Waals surface area contributed by atoms with Gasteiger partial charge in [-0.2, -0.15) is 0 Å². The first-order valence-electron chi connectivity index (χ1n) is 4.11. The number of aliphatic hydroxyl groups excluding tert-OH is 1. The van der Waals surface area contributed by atoms with Crippen molar-refractivity contribution in [2.75, 3.05) is 0 Å². The van der Waals surface area contributed by atoms with Crippen molar-refractivity contribution in [2.24, 2.45) is 0 Å². The van der Waals surface area contributed by atoms with Gasteiger partial charge >= 0.3 is 0 Å². The Morgan fingerprint density at radius 1 is 1.64 bits per heavy atom. The molecular weight excluding hydrogens is 270 g/mol. The molecule has 0 aliphatic heterocycles. The number of alkyl halides is 1. The zero-order chi connectivity index (χ0) is 8.91. The monoisotopic (exact) mass is 288 g/mol. The van der Waals surface area contributed by atoms with Gasteiger partial charge in [-0.25, -0.2) is 0 Å². The lowest BCUT2D eigenvalue weighted by Crippen LogP contribution is -2.08. The minimum absolute atomic E-state index is 0.0845. The lowest BCUT2D eigenvalue weighted by molar-refractivity contribution is 0.157. The van der Waals surface area contributed by atoms with Crippen molar-refractivity contribution in [3.63, 3.8) is 0 Å². The molecule has 0 aliphatic rings. The van der Waals surface area contributed by atoms with Gasteiger partial charge in [0.25, 0.3) is 0 Å². The molecule has 0 bridgehead atoms. The van der Waals surface area contributed by atoms with Gasteiger partial charge in [-0.1, -0.05) is 29.5 Å². The van der Waals surface area contributed by atoms with Gasteiger partial charge < -0.3 is 5.11 Å². The molecule has 0 rings (SSSR count). The summed E-state index contributed by atoms with van der Waals surface area (Å²) in [6, 6.07) is 0. The van der Waals surface area contributed by atoms with E-state index in [9.17, 15) is 5.11 Å². The second-order valence-corrected chi connectivity index (χ2v) is 8.15. The summed E-state index contributed by atoms with van der Waals surface area (Å²) in [5, 5.41) is 9.25. The molecule has 0 aromatic carbocycles. The Morgan fingerprint density at radius 2 is 2.18 bits per heavy atom. The molecule has 0 saturated carbocycles. The molecule has 3 heteroatoms. The fourth-order valence-corrected chi connectivity index (χ4v) is 1.47. The van der Waals surface area contributed by atoms with E-state index < -0.39 is 0 Å². The van der Waals surface area contributed by atoms with Crippen LogP contribution in [0.25, 0.3) is 0 Å². The van der Waals surface area contributed by atoms with Gasteiger partial charge in [0, 0.05) is 3.16 Å². The summed E-state index contributed by atoms with van der Waals surface area (Å²) < 4.78 is 0.311. The normalized spacial score (nSPS) is 19.4. The lowest BCUT2D eigenvalue weighted by Gasteiger charge is -2.16. The third-order valence-electron chi connectivity index (χ3n) is 1.67. The number of hydrogen-bond donors (Lipinski definition) is 1. The molecule has 3 atom stereocenters. The quantitative estimate of drug-likeness (QED) is 0.468. The standard InChI is InChI=1S/C8H18IOP/c1-3-7(10)5-4-6-8(2,9)11/h7,10H,3-6,11H2,1-2H3. The first-order chi connectivity index (χ1) is 4.95. The predicted molar refractivity (Wildman–Crippen MR) is 62.3 cm³/mol. The highest BCUT2D eigenvalue weighted by molar-refractivity contribution is 14.1. The Balaban J connectivity index is 3.28. The van der Waals surface area contributed by atoms with Gasteiger partial charge in [0.2, 0.25) is 0 Å². The highest BCUT2D eigenvalue weighted by Crippen LogP contribution is 2.32. The van der Waals surface area contributed by atoms with E-state index in [0.717, 1.165) is 25.7 Å². The van der Waals surface area contributed by atoms with Crippen LogP contribution in [0.1, 0.15) is 39.5 Å². The Kier molecular flexibility index (Phi) is 6.29. The summed E-state index contributed by atoms with van der Waals surface area (Å²) in [7, 11) is 2.82. The van der Waals surface area contributed by atoms with Gasteiger partial charge in [0.05, 0.1) is 6.10 Å². The SMILES string of the molecule is CCC(O)CCCC(C)(P)I. The van der Waals surface area contributed by atoms with E-state index in [1.807, 2.05) is 6.92 Å². The summed E-state index contributed by atoms with van der Waals surface area (Å²) in [6.07, 6.45) is 4.03. The topological polar surface area (TPSA) is 20.2 Å². The molecule has 0 saturated heterocycles. The summed E-state index contributed by atoms with van der Waals surface area (Å²) in [6.45, 7) is 4.21. The van der Waals surface area contributed by atoms with Crippen LogP contribution in [-0.2, 0) is 0 Å². The number of halogens is 1. The van der Waals surface area contributed by atoms with Crippen LogP contribution in [0.5, 0.6) is 0 Å². The van der Waals surface area contributed by atoms with Crippen LogP contribution in [0.2, 0.25) is 0 Å². The molecular formula is C8H18IOP. The van der Waals surface area contributed by atoms with Crippen LogP contribution < -0.4 is 0 Å². The van der Waals surface area contributed by atoms with Crippen molar-refractivity contribution >= 4 is 31.8 Å². The molecule has 1 N–H and O–H groups in total. The second kappa shape index (κ2) is 5.71. The number of hydrogen-bond acceptors (Lipinski definition) is 1. The average molecular weight is 288 g/mol. The van der Waals surface area contributed by atoms with E-state index in [0.29, 0.717) is 3.16 Å². The Morgan fingerprint density at radius 3 is 2.55 bits per heavy atom. The molecule has 68 valence electrons. The van der Waals surface area contributed by atoms with E-state index in [1.54, 1.807) is 0 Å². The van der Waals surface area contributed by atoms with Crippen LogP contribution in [0, 0.1) is 0 Å². The zero-order valence-electron chi connectivity index (χ0n) is 7.31. The second-order valence-electron chi connectivity index (χ2n) is 3.23. The third-order valence-corrected chi connectivity index (χ3v) is 2.50. The molecule has 0 aromatic heterocycles. The third kappa shape index (κ3) is 9.03. The highest BCUT2D eigenvalue weighted by atomic mass is 127. The first-order valence-corrected chi connectivity index (χ1v) is 5.77. The Bertz CT molecular complexity index is 101. The van der Waals surface area contributed by atoms with Gasteiger partial charge in [0.1, 0.15) is 0 Å². The van der Waals surface area contributed by atoms with E-state index in [-0.39, 0.29) is 6.10 Å². The molecule has 1 nitrogen and oxygen atoms in total. The lowest BCUT2D eigenvalue weighted by atomic mass is 10.1. The van der Waals surface area contributed by atoms with Gasteiger partial charge in [-0.15, -0.1) is 9.24 Å². The van der Waals surface area contributed by atoms with Gasteiger partial charge in [-0.05, 0) is 32.6 Å². The minimum atomic E-state index is -0.0845. The van der Waals surface area contributed by atoms with Crippen LogP contribution >= 0.6 is 31.8 Å². The molecule has 11 heavy (non-hydrogen) atoms. The number of rotatable bonds is 5. The smallest absolute Gasteiger partial charge is 0.0537 e. The molecule has 0 spiro atoms. The fourth-order valence-electron chi connectivity index (χ4n) is 0.887. The first kappa shape index (κ1) is 12.1. The van der Waals surface area contributed by atoms with Crippen molar-refractivity contribution in [3.8, 4) is 0 Å². The summed E-state index contributed by atoms with van der Waals surface area (Å²) in [5.41, 5.74) is 0. The summed E-state index contributed by atoms with van der Waals surface area (Å²) >= 11 is 2.42. The van der Waals surface area contributed by atoms with Crippen molar-refractivity contribution in [1.82, 2.24) is 0 Å². The van der Waals surface area contributed by atoms with Gasteiger partial charge in [-0.3, -0.25) is 0 Å². The van der Waals surface area contributed by atoms with Crippen LogP contribution in [0.15, 0.2) is 0 Å². The molecule has 0 amide bonds. The molecule has 0 heterocycles. The maximum absolute atomic E-state index is 9.25. The van der Waals surface area contributed by atoms with Crippen LogP contribution in [0.4, 0.5) is 0 Å². The van der Waals surface area contributed by atoms with E-state index in [4.69, 9.17) is 0 Å². The fraction of sp³-hybridized carbons (Fsp3) is 1.00. The molecule has 0 aromatic rings. The molecule has 0 fully saturated rings. The van der Waals surface area contributed by atoms with Gasteiger partial charge in [0.15, 0.2) is 0 Å². The summed E-state index contributed by atoms with van der Waals surface area (Å²) in [5.74, 6) is 0. The number of aliphatic hydroxyl groups is 1. The zero-order valence-corrected chi connectivity index (χ0v) is 10.6. The van der Waals surface area contributed by atoms with Crippen LogP contribution in [0.3, 0.4) is 0 Å². The minimum Gasteiger partial charge on any atom is -0.393 e. The largest absolute Gasteiger partial charge is 0.393 e. The van der Waals surface area contributed by atoms with Crippen molar-refractivity contribution in [3.05, 3.63) is 0 Å².